The van der Waals surface area contributed by atoms with Crippen molar-refractivity contribution < 1.29 is 4.79 Å². The number of carbonyl (C=O) groups excluding carboxylic acids is 1. The minimum atomic E-state index is -0.157. The Kier molecular flexibility index (Phi) is 5.16. The van der Waals surface area contributed by atoms with Gasteiger partial charge in [-0.25, -0.2) is 0 Å². The molecule has 3 nitrogen and oxygen atoms in total. The molecule has 1 rings (SSSR count). The summed E-state index contributed by atoms with van der Waals surface area (Å²) in [4.78, 5) is 13.6. The zero-order chi connectivity index (χ0) is 12.8. The van der Waals surface area contributed by atoms with E-state index < -0.39 is 0 Å². The lowest BCUT2D eigenvalue weighted by atomic mass is 10.1. The highest BCUT2D eigenvalue weighted by Gasteiger charge is 2.18. The monoisotopic (exact) mass is 234 g/mol. The Bertz CT molecular complexity index is 350. The van der Waals surface area contributed by atoms with Crippen LogP contribution in [-0.4, -0.2) is 30.4 Å². The largest absolute Gasteiger partial charge is 0.345 e. The normalized spacial score (nSPS) is 14.1. The Morgan fingerprint density at radius 3 is 2.41 bits per heavy atom. The van der Waals surface area contributed by atoms with Crippen molar-refractivity contribution in [3.63, 3.8) is 0 Å². The van der Waals surface area contributed by atoms with Gasteiger partial charge in [0.2, 0.25) is 5.91 Å². The van der Waals surface area contributed by atoms with Crippen LogP contribution >= 0.6 is 0 Å². The van der Waals surface area contributed by atoms with Crippen LogP contribution in [0.25, 0.3) is 0 Å². The lowest BCUT2D eigenvalue weighted by Crippen LogP contribution is -2.43. The van der Waals surface area contributed by atoms with Crippen LogP contribution in [0.2, 0.25) is 0 Å². The summed E-state index contributed by atoms with van der Waals surface area (Å²) in [5.74, 6) is 0.135. The molecule has 0 heterocycles. The first-order valence-corrected chi connectivity index (χ1v) is 6.12. The summed E-state index contributed by atoms with van der Waals surface area (Å²) in [5, 5.41) is 3.32. The zero-order valence-corrected chi connectivity index (χ0v) is 11.1. The molecule has 0 saturated heterocycles. The molecule has 94 valence electrons. The van der Waals surface area contributed by atoms with E-state index in [4.69, 9.17) is 0 Å². The van der Waals surface area contributed by atoms with Crippen LogP contribution in [0.4, 0.5) is 0 Å². The lowest BCUT2D eigenvalue weighted by Gasteiger charge is -2.24. The average Bonchev–Trinajstić information content (AvgIpc) is 2.37. The van der Waals surface area contributed by atoms with E-state index in [0.717, 1.165) is 6.54 Å². The van der Waals surface area contributed by atoms with Crippen LogP contribution in [0.5, 0.6) is 0 Å². The predicted octanol–water partition coefficient (Wildman–Crippen LogP) is 2.20. The second-order valence-electron chi connectivity index (χ2n) is 4.37. The summed E-state index contributed by atoms with van der Waals surface area (Å²) in [5.41, 5.74) is 1.20. The summed E-state index contributed by atoms with van der Waals surface area (Å²) in [6.07, 6.45) is 0. The standard InChI is InChI=1S/C14H22N2O/c1-5-16(4)14(17)12(3)15-11(2)13-9-7-6-8-10-13/h6-12,15H,5H2,1-4H3. The maximum absolute atomic E-state index is 11.9. The van der Waals surface area contributed by atoms with Crippen LogP contribution in [0.15, 0.2) is 30.3 Å². The van der Waals surface area contributed by atoms with Crippen LogP contribution < -0.4 is 5.32 Å². The first-order valence-electron chi connectivity index (χ1n) is 6.12. The molecular weight excluding hydrogens is 212 g/mol. The Morgan fingerprint density at radius 1 is 1.29 bits per heavy atom. The van der Waals surface area contributed by atoms with Crippen LogP contribution in [-0.2, 0) is 4.79 Å². The molecule has 0 saturated carbocycles. The Hall–Kier alpha value is -1.35. The van der Waals surface area contributed by atoms with E-state index in [2.05, 4.69) is 24.4 Å². The first-order chi connectivity index (χ1) is 8.06. The predicted molar refractivity (Wildman–Crippen MR) is 70.8 cm³/mol. The van der Waals surface area contributed by atoms with Crippen LogP contribution in [0.3, 0.4) is 0 Å². The van der Waals surface area contributed by atoms with Crippen molar-refractivity contribution in [3.8, 4) is 0 Å². The van der Waals surface area contributed by atoms with Crippen molar-refractivity contribution in [2.24, 2.45) is 0 Å². The van der Waals surface area contributed by atoms with Gasteiger partial charge in [-0.3, -0.25) is 10.1 Å². The van der Waals surface area contributed by atoms with Gasteiger partial charge in [0.05, 0.1) is 6.04 Å². The quantitative estimate of drug-likeness (QED) is 0.847. The van der Waals surface area contributed by atoms with E-state index >= 15 is 0 Å². The smallest absolute Gasteiger partial charge is 0.239 e. The zero-order valence-electron chi connectivity index (χ0n) is 11.1. The molecule has 2 atom stereocenters. The van der Waals surface area contributed by atoms with Crippen molar-refractivity contribution in [3.05, 3.63) is 35.9 Å². The summed E-state index contributed by atoms with van der Waals surface area (Å²) in [6.45, 7) is 6.70. The summed E-state index contributed by atoms with van der Waals surface area (Å²) in [7, 11) is 1.83. The van der Waals surface area contributed by atoms with E-state index in [9.17, 15) is 4.79 Å². The van der Waals surface area contributed by atoms with Crippen LogP contribution in [0.1, 0.15) is 32.4 Å². The maximum Gasteiger partial charge on any atom is 0.239 e. The Morgan fingerprint density at radius 2 is 1.88 bits per heavy atom. The van der Waals surface area contributed by atoms with Crippen molar-refractivity contribution in [1.29, 1.82) is 0 Å². The number of hydrogen-bond donors (Lipinski definition) is 1. The van der Waals surface area contributed by atoms with Gasteiger partial charge in [-0.15, -0.1) is 0 Å². The fraction of sp³-hybridized carbons (Fsp3) is 0.500. The van der Waals surface area contributed by atoms with Gasteiger partial charge < -0.3 is 4.90 Å². The molecule has 0 fully saturated rings. The summed E-state index contributed by atoms with van der Waals surface area (Å²) < 4.78 is 0. The van der Waals surface area contributed by atoms with Crippen molar-refractivity contribution in [2.45, 2.75) is 32.9 Å². The third-order valence-corrected chi connectivity index (χ3v) is 3.02. The summed E-state index contributed by atoms with van der Waals surface area (Å²) in [6, 6.07) is 10.2. The van der Waals surface area contributed by atoms with Crippen molar-refractivity contribution >= 4 is 5.91 Å². The SMILES string of the molecule is CCN(C)C(=O)C(C)NC(C)c1ccccc1. The minimum Gasteiger partial charge on any atom is -0.345 e. The number of hydrogen-bond acceptors (Lipinski definition) is 2. The molecule has 1 aromatic rings. The maximum atomic E-state index is 11.9. The molecule has 0 aromatic heterocycles. The van der Waals surface area contributed by atoms with E-state index in [1.165, 1.54) is 5.56 Å². The number of amides is 1. The molecule has 1 aromatic carbocycles. The molecule has 0 aliphatic carbocycles. The second-order valence-corrected chi connectivity index (χ2v) is 4.37. The first kappa shape index (κ1) is 13.7. The van der Waals surface area contributed by atoms with Gasteiger partial charge in [0.25, 0.3) is 0 Å². The van der Waals surface area contributed by atoms with Crippen molar-refractivity contribution in [1.82, 2.24) is 10.2 Å². The lowest BCUT2D eigenvalue weighted by molar-refractivity contribution is -0.131. The van der Waals surface area contributed by atoms with Crippen molar-refractivity contribution in [2.75, 3.05) is 13.6 Å². The highest BCUT2D eigenvalue weighted by Crippen LogP contribution is 2.12. The highest BCUT2D eigenvalue weighted by atomic mass is 16.2. The molecule has 0 radical (unpaired) electrons. The minimum absolute atomic E-state index is 0.135. The van der Waals surface area contributed by atoms with Gasteiger partial charge in [-0.05, 0) is 26.3 Å². The Labute approximate surface area is 104 Å². The number of benzene rings is 1. The molecule has 0 aliphatic rings. The molecule has 1 N–H and O–H groups in total. The molecule has 2 unspecified atom stereocenters. The van der Waals surface area contributed by atoms with E-state index in [-0.39, 0.29) is 18.0 Å². The Balaban J connectivity index is 2.57. The van der Waals surface area contributed by atoms with Gasteiger partial charge in [-0.2, -0.15) is 0 Å². The van der Waals surface area contributed by atoms with E-state index in [1.807, 2.05) is 39.1 Å². The number of likely N-dealkylation sites (N-methyl/N-ethyl adjacent to an activating group) is 1. The number of nitrogens with zero attached hydrogens (tertiary/aromatic N) is 1. The van der Waals surface area contributed by atoms with E-state index in [0.29, 0.717) is 0 Å². The molecule has 0 aliphatic heterocycles. The molecule has 3 heteroatoms. The molecular formula is C14H22N2O. The second kappa shape index (κ2) is 6.40. The van der Waals surface area contributed by atoms with Crippen LogP contribution in [0, 0.1) is 0 Å². The van der Waals surface area contributed by atoms with Gasteiger partial charge >= 0.3 is 0 Å². The fourth-order valence-electron chi connectivity index (χ4n) is 1.77. The molecule has 17 heavy (non-hydrogen) atoms. The van der Waals surface area contributed by atoms with Gasteiger partial charge in [0.1, 0.15) is 0 Å². The van der Waals surface area contributed by atoms with Gasteiger partial charge in [0, 0.05) is 19.6 Å². The fourth-order valence-corrected chi connectivity index (χ4v) is 1.77. The molecule has 0 spiro atoms. The van der Waals surface area contributed by atoms with Gasteiger partial charge in [-0.1, -0.05) is 30.3 Å². The molecule has 0 bridgehead atoms. The highest BCUT2D eigenvalue weighted by molar-refractivity contribution is 5.81. The topological polar surface area (TPSA) is 32.3 Å². The van der Waals surface area contributed by atoms with Gasteiger partial charge in [0.15, 0.2) is 0 Å². The number of nitrogens with one attached hydrogen (secondary N) is 1. The number of carbonyl (C=O) groups is 1. The summed E-state index contributed by atoms with van der Waals surface area (Å²) >= 11 is 0. The third-order valence-electron chi connectivity index (χ3n) is 3.02. The third kappa shape index (κ3) is 3.86. The number of rotatable bonds is 5. The average molecular weight is 234 g/mol. The molecule has 1 amide bonds. The van der Waals surface area contributed by atoms with E-state index in [1.54, 1.807) is 4.90 Å².